The lowest BCUT2D eigenvalue weighted by molar-refractivity contribution is -0.141. The number of hydrogen-bond donors (Lipinski definition) is 3. The first-order chi connectivity index (χ1) is 13.1. The van der Waals surface area contributed by atoms with E-state index in [4.69, 9.17) is 5.21 Å². The number of hydrogen-bond acceptors (Lipinski definition) is 4. The van der Waals surface area contributed by atoms with E-state index in [1.807, 2.05) is 42.5 Å². The van der Waals surface area contributed by atoms with Crippen molar-refractivity contribution in [2.24, 2.45) is 0 Å². The third-order valence-corrected chi connectivity index (χ3v) is 4.55. The Balaban J connectivity index is 1.89. The quantitative estimate of drug-likeness (QED) is 0.410. The zero-order valence-corrected chi connectivity index (χ0v) is 14.9. The van der Waals surface area contributed by atoms with Crippen LogP contribution in [0.5, 0.6) is 0 Å². The van der Waals surface area contributed by atoms with Crippen LogP contribution in [-0.2, 0) is 9.59 Å². The van der Waals surface area contributed by atoms with Crippen molar-refractivity contribution in [3.8, 4) is 11.1 Å². The maximum Gasteiger partial charge on any atom is 0.275 e. The summed E-state index contributed by atoms with van der Waals surface area (Å²) >= 11 is 0. The summed E-state index contributed by atoms with van der Waals surface area (Å²) in [5.41, 5.74) is 3.85. The van der Waals surface area contributed by atoms with Crippen LogP contribution in [0.2, 0.25) is 0 Å². The highest BCUT2D eigenvalue weighted by atomic mass is 16.5. The summed E-state index contributed by atoms with van der Waals surface area (Å²) in [4.78, 5) is 38.5. The molecule has 140 valence electrons. The fourth-order valence-corrected chi connectivity index (χ4v) is 3.00. The molecule has 2 aromatic carbocycles. The summed E-state index contributed by atoms with van der Waals surface area (Å²) in [6.07, 6.45) is 1.42. The highest BCUT2D eigenvalue weighted by molar-refractivity contribution is 6.09. The predicted octanol–water partition coefficient (Wildman–Crippen LogP) is 1.58. The second kappa shape index (κ2) is 8.01. The minimum absolute atomic E-state index is 0.203. The van der Waals surface area contributed by atoms with Crippen molar-refractivity contribution in [2.45, 2.75) is 24.9 Å². The van der Waals surface area contributed by atoms with Crippen LogP contribution in [0, 0.1) is 0 Å². The molecule has 0 spiro atoms. The highest BCUT2D eigenvalue weighted by Gasteiger charge is 2.44. The van der Waals surface area contributed by atoms with E-state index in [0.29, 0.717) is 18.4 Å². The SMILES string of the molecule is CNC(=O)C(C(=O)NO)N(C(=O)c1ccc(-c2ccccc2)cc1)C1CC1. The van der Waals surface area contributed by atoms with Crippen LogP contribution in [0.25, 0.3) is 11.1 Å². The van der Waals surface area contributed by atoms with Gasteiger partial charge in [-0.05, 0) is 36.1 Å². The maximum absolute atomic E-state index is 13.0. The van der Waals surface area contributed by atoms with Crippen LogP contribution in [0.15, 0.2) is 54.6 Å². The molecule has 7 heteroatoms. The molecule has 3 rings (SSSR count). The Hall–Kier alpha value is -3.19. The molecule has 3 amide bonds. The number of amides is 3. The van der Waals surface area contributed by atoms with Gasteiger partial charge in [0, 0.05) is 18.7 Å². The van der Waals surface area contributed by atoms with Gasteiger partial charge < -0.3 is 10.2 Å². The van der Waals surface area contributed by atoms with Gasteiger partial charge in [-0.3, -0.25) is 19.6 Å². The molecule has 1 unspecified atom stereocenters. The highest BCUT2D eigenvalue weighted by Crippen LogP contribution is 2.31. The number of nitrogens with one attached hydrogen (secondary N) is 2. The smallest absolute Gasteiger partial charge is 0.275 e. The molecule has 0 radical (unpaired) electrons. The Morgan fingerprint density at radius 1 is 0.963 bits per heavy atom. The van der Waals surface area contributed by atoms with Gasteiger partial charge in [0.15, 0.2) is 6.04 Å². The van der Waals surface area contributed by atoms with Gasteiger partial charge in [-0.25, -0.2) is 5.48 Å². The number of nitrogens with zero attached hydrogens (tertiary/aromatic N) is 1. The molecule has 0 saturated heterocycles. The van der Waals surface area contributed by atoms with E-state index < -0.39 is 23.8 Å². The van der Waals surface area contributed by atoms with Crippen LogP contribution < -0.4 is 10.8 Å². The molecule has 3 N–H and O–H groups in total. The van der Waals surface area contributed by atoms with Gasteiger partial charge in [-0.2, -0.15) is 0 Å². The molecule has 1 aliphatic carbocycles. The van der Waals surface area contributed by atoms with Crippen molar-refractivity contribution < 1.29 is 19.6 Å². The first kappa shape index (κ1) is 18.6. The third-order valence-electron chi connectivity index (χ3n) is 4.55. The number of likely N-dealkylation sites (N-methyl/N-ethyl adjacent to an activating group) is 1. The normalized spacial score (nSPS) is 14.1. The summed E-state index contributed by atoms with van der Waals surface area (Å²) in [6, 6.07) is 15.1. The number of rotatable bonds is 6. The first-order valence-electron chi connectivity index (χ1n) is 8.70. The molecule has 27 heavy (non-hydrogen) atoms. The summed E-state index contributed by atoms with van der Waals surface area (Å²) in [5.74, 6) is -2.01. The van der Waals surface area contributed by atoms with Gasteiger partial charge in [0.05, 0.1) is 0 Å². The van der Waals surface area contributed by atoms with E-state index in [1.54, 1.807) is 12.1 Å². The molecule has 1 aliphatic rings. The minimum Gasteiger partial charge on any atom is -0.357 e. The summed E-state index contributed by atoms with van der Waals surface area (Å²) < 4.78 is 0. The Morgan fingerprint density at radius 2 is 1.56 bits per heavy atom. The van der Waals surface area contributed by atoms with Crippen LogP contribution >= 0.6 is 0 Å². The van der Waals surface area contributed by atoms with E-state index >= 15 is 0 Å². The van der Waals surface area contributed by atoms with Crippen LogP contribution in [-0.4, -0.2) is 47.0 Å². The zero-order chi connectivity index (χ0) is 19.4. The molecular formula is C20H21N3O4. The molecule has 0 aromatic heterocycles. The molecule has 2 aromatic rings. The summed E-state index contributed by atoms with van der Waals surface area (Å²) in [6.45, 7) is 0. The van der Waals surface area contributed by atoms with Crippen molar-refractivity contribution in [3.63, 3.8) is 0 Å². The second-order valence-corrected chi connectivity index (χ2v) is 6.38. The topological polar surface area (TPSA) is 98.7 Å². The van der Waals surface area contributed by atoms with E-state index in [2.05, 4.69) is 5.32 Å². The molecule has 1 atom stereocenters. The van der Waals surface area contributed by atoms with Crippen molar-refractivity contribution in [2.75, 3.05) is 7.05 Å². The van der Waals surface area contributed by atoms with Crippen LogP contribution in [0.1, 0.15) is 23.2 Å². The Bertz CT molecular complexity index is 816. The summed E-state index contributed by atoms with van der Waals surface area (Å²) in [7, 11) is 1.38. The van der Waals surface area contributed by atoms with E-state index in [0.717, 1.165) is 11.1 Å². The van der Waals surface area contributed by atoms with Gasteiger partial charge in [-0.1, -0.05) is 42.5 Å². The van der Waals surface area contributed by atoms with E-state index in [9.17, 15) is 14.4 Å². The fraction of sp³-hybridized carbons (Fsp3) is 0.250. The zero-order valence-electron chi connectivity index (χ0n) is 14.9. The van der Waals surface area contributed by atoms with Crippen LogP contribution in [0.4, 0.5) is 0 Å². The van der Waals surface area contributed by atoms with Crippen molar-refractivity contribution in [3.05, 3.63) is 60.2 Å². The number of carbonyl (C=O) groups excluding carboxylic acids is 3. The monoisotopic (exact) mass is 367 g/mol. The Labute approximate surface area is 156 Å². The number of carbonyl (C=O) groups is 3. The predicted molar refractivity (Wildman–Crippen MR) is 98.9 cm³/mol. The van der Waals surface area contributed by atoms with Gasteiger partial charge in [-0.15, -0.1) is 0 Å². The Kier molecular flexibility index (Phi) is 5.52. The third kappa shape index (κ3) is 3.98. The average Bonchev–Trinajstić information content (AvgIpc) is 3.56. The molecule has 1 fully saturated rings. The molecule has 0 heterocycles. The van der Waals surface area contributed by atoms with Gasteiger partial charge >= 0.3 is 0 Å². The van der Waals surface area contributed by atoms with Crippen LogP contribution in [0.3, 0.4) is 0 Å². The lowest BCUT2D eigenvalue weighted by Gasteiger charge is -2.29. The van der Waals surface area contributed by atoms with E-state index in [1.165, 1.54) is 17.4 Å². The van der Waals surface area contributed by atoms with E-state index in [-0.39, 0.29) is 6.04 Å². The van der Waals surface area contributed by atoms with Crippen molar-refractivity contribution in [1.82, 2.24) is 15.7 Å². The van der Waals surface area contributed by atoms with Crippen molar-refractivity contribution >= 4 is 17.7 Å². The summed E-state index contributed by atoms with van der Waals surface area (Å²) in [5, 5.41) is 11.4. The molecular weight excluding hydrogens is 346 g/mol. The first-order valence-corrected chi connectivity index (χ1v) is 8.70. The Morgan fingerprint density at radius 3 is 2.07 bits per heavy atom. The molecule has 1 saturated carbocycles. The molecule has 0 bridgehead atoms. The number of benzene rings is 2. The average molecular weight is 367 g/mol. The number of hydroxylamine groups is 1. The fourth-order valence-electron chi connectivity index (χ4n) is 3.00. The molecule has 0 aliphatic heterocycles. The van der Waals surface area contributed by atoms with Gasteiger partial charge in [0.25, 0.3) is 17.7 Å². The van der Waals surface area contributed by atoms with Gasteiger partial charge in [0.2, 0.25) is 0 Å². The lowest BCUT2D eigenvalue weighted by Crippen LogP contribution is -2.57. The maximum atomic E-state index is 13.0. The van der Waals surface area contributed by atoms with Gasteiger partial charge in [0.1, 0.15) is 0 Å². The van der Waals surface area contributed by atoms with Crippen molar-refractivity contribution in [1.29, 1.82) is 0 Å². The standard InChI is InChI=1S/C20H21N3O4/c1-21-18(24)17(19(25)22-27)23(16-11-12-16)20(26)15-9-7-14(8-10-15)13-5-3-2-4-6-13/h2-10,16-17,27H,11-12H2,1H3,(H,21,24)(H,22,25). The minimum atomic E-state index is -1.42. The second-order valence-electron chi connectivity index (χ2n) is 6.38. The lowest BCUT2D eigenvalue weighted by atomic mass is 10.0. The largest absolute Gasteiger partial charge is 0.357 e. The molecule has 7 nitrogen and oxygen atoms in total.